The van der Waals surface area contributed by atoms with Crippen LogP contribution in [0.2, 0.25) is 0 Å². The first-order valence-electron chi connectivity index (χ1n) is 5.59. The first-order valence-corrected chi connectivity index (χ1v) is 5.59. The summed E-state index contributed by atoms with van der Waals surface area (Å²) in [6.07, 6.45) is -2.74. The first kappa shape index (κ1) is 12.9. The fraction of sp³-hybridized carbons (Fsp3) is 0.385. The maximum atomic E-state index is 13.5. The van der Waals surface area contributed by atoms with E-state index in [4.69, 9.17) is 14.2 Å². The molecule has 0 bridgehead atoms. The Bertz CT molecular complexity index is 407. The molecule has 1 aliphatic rings. The summed E-state index contributed by atoms with van der Waals surface area (Å²) in [7, 11) is 1.34. The maximum Gasteiger partial charge on any atom is 0.229 e. The van der Waals surface area contributed by atoms with Crippen LogP contribution in [0, 0.1) is 0 Å². The maximum absolute atomic E-state index is 13.5. The summed E-state index contributed by atoms with van der Waals surface area (Å²) in [4.78, 5) is 0. The molecule has 1 heterocycles. The molecule has 1 N–H and O–H groups in total. The second kappa shape index (κ2) is 5.84. The van der Waals surface area contributed by atoms with Crippen LogP contribution in [0.4, 0.5) is 4.39 Å². The smallest absolute Gasteiger partial charge is 0.229 e. The van der Waals surface area contributed by atoms with Gasteiger partial charge in [0.25, 0.3) is 0 Å². The van der Waals surface area contributed by atoms with Gasteiger partial charge in [0.15, 0.2) is 18.0 Å². The number of halogens is 1. The SMILES string of the molecule is COC1OC(=COCc2ccccc2)C(F)C1O. The van der Waals surface area contributed by atoms with Gasteiger partial charge in [-0.15, -0.1) is 0 Å². The van der Waals surface area contributed by atoms with E-state index >= 15 is 0 Å². The highest BCUT2D eigenvalue weighted by molar-refractivity contribution is 5.14. The number of aliphatic hydroxyl groups excluding tert-OH is 1. The minimum absolute atomic E-state index is 0.0507. The second-order valence-corrected chi connectivity index (χ2v) is 3.93. The molecule has 0 spiro atoms. The summed E-state index contributed by atoms with van der Waals surface area (Å²) in [5.41, 5.74) is 0.964. The zero-order valence-corrected chi connectivity index (χ0v) is 9.95. The number of ether oxygens (including phenoxy) is 3. The van der Waals surface area contributed by atoms with E-state index in [1.165, 1.54) is 13.4 Å². The van der Waals surface area contributed by atoms with Gasteiger partial charge in [0.1, 0.15) is 12.9 Å². The van der Waals surface area contributed by atoms with Gasteiger partial charge in [-0.1, -0.05) is 30.3 Å². The molecule has 18 heavy (non-hydrogen) atoms. The van der Waals surface area contributed by atoms with Crippen molar-refractivity contribution in [2.75, 3.05) is 7.11 Å². The summed E-state index contributed by atoms with van der Waals surface area (Å²) in [6, 6.07) is 9.47. The second-order valence-electron chi connectivity index (χ2n) is 3.93. The molecule has 0 aliphatic carbocycles. The van der Waals surface area contributed by atoms with E-state index in [1.807, 2.05) is 30.3 Å². The Morgan fingerprint density at radius 1 is 1.39 bits per heavy atom. The molecule has 0 saturated carbocycles. The lowest BCUT2D eigenvalue weighted by Gasteiger charge is -2.10. The third-order valence-corrected chi connectivity index (χ3v) is 2.63. The molecule has 4 nitrogen and oxygen atoms in total. The van der Waals surface area contributed by atoms with Gasteiger partial charge in [-0.05, 0) is 5.56 Å². The number of alkyl halides is 1. The van der Waals surface area contributed by atoms with Crippen molar-refractivity contribution in [1.82, 2.24) is 0 Å². The van der Waals surface area contributed by atoms with Gasteiger partial charge >= 0.3 is 0 Å². The van der Waals surface area contributed by atoms with E-state index in [0.29, 0.717) is 6.61 Å². The van der Waals surface area contributed by atoms with Crippen molar-refractivity contribution in [2.24, 2.45) is 0 Å². The predicted octanol–water partition coefficient (Wildman–Crippen LogP) is 1.75. The van der Waals surface area contributed by atoms with Gasteiger partial charge in [-0.3, -0.25) is 0 Å². The first-order chi connectivity index (χ1) is 8.72. The van der Waals surface area contributed by atoms with Crippen molar-refractivity contribution in [3.8, 4) is 0 Å². The van der Waals surface area contributed by atoms with Crippen LogP contribution in [0.5, 0.6) is 0 Å². The molecule has 5 heteroatoms. The number of methoxy groups -OCH3 is 1. The van der Waals surface area contributed by atoms with Gasteiger partial charge < -0.3 is 19.3 Å². The van der Waals surface area contributed by atoms with Crippen LogP contribution in [0.25, 0.3) is 0 Å². The van der Waals surface area contributed by atoms with Crippen LogP contribution >= 0.6 is 0 Å². The van der Waals surface area contributed by atoms with Crippen LogP contribution in [0.1, 0.15) is 5.56 Å². The molecule has 3 unspecified atom stereocenters. The van der Waals surface area contributed by atoms with Crippen LogP contribution in [0.3, 0.4) is 0 Å². The molecule has 0 amide bonds. The van der Waals surface area contributed by atoms with Crippen molar-refractivity contribution >= 4 is 0 Å². The standard InChI is InChI=1S/C13H15FO4/c1-16-13-12(15)11(14)10(18-13)8-17-7-9-5-3-2-4-6-9/h2-6,8,11-13,15H,7H2,1H3. The van der Waals surface area contributed by atoms with E-state index in [0.717, 1.165) is 5.56 Å². The lowest BCUT2D eigenvalue weighted by Crippen LogP contribution is -2.28. The fourth-order valence-electron chi connectivity index (χ4n) is 1.65. The summed E-state index contributed by atoms with van der Waals surface area (Å²) < 4.78 is 28.6. The normalized spacial score (nSPS) is 29.3. The Morgan fingerprint density at radius 3 is 2.72 bits per heavy atom. The molecular formula is C13H15FO4. The highest BCUT2D eigenvalue weighted by atomic mass is 19.1. The van der Waals surface area contributed by atoms with Gasteiger partial charge in [0.2, 0.25) is 6.29 Å². The van der Waals surface area contributed by atoms with E-state index in [-0.39, 0.29) is 5.76 Å². The number of aliphatic hydroxyl groups is 1. The van der Waals surface area contributed by atoms with E-state index in [9.17, 15) is 9.50 Å². The summed E-state index contributed by atoms with van der Waals surface area (Å²) in [5, 5.41) is 9.42. The van der Waals surface area contributed by atoms with Crippen LogP contribution in [-0.4, -0.2) is 30.8 Å². The van der Waals surface area contributed by atoms with Crippen molar-refractivity contribution < 1.29 is 23.7 Å². The van der Waals surface area contributed by atoms with Crippen LogP contribution < -0.4 is 0 Å². The predicted molar refractivity (Wildman–Crippen MR) is 62.1 cm³/mol. The Hall–Kier alpha value is -1.59. The average molecular weight is 254 g/mol. The Kier molecular flexibility index (Phi) is 4.17. The number of benzene rings is 1. The minimum Gasteiger partial charge on any atom is -0.493 e. The summed E-state index contributed by atoms with van der Waals surface area (Å²) in [5.74, 6) is -0.0507. The summed E-state index contributed by atoms with van der Waals surface area (Å²) >= 11 is 0. The van der Waals surface area contributed by atoms with Gasteiger partial charge in [0, 0.05) is 7.11 Å². The lowest BCUT2D eigenvalue weighted by atomic mass is 10.2. The van der Waals surface area contributed by atoms with E-state index in [1.54, 1.807) is 0 Å². The Labute approximate surface area is 105 Å². The summed E-state index contributed by atoms with van der Waals surface area (Å²) in [6.45, 7) is 0.314. The highest BCUT2D eigenvalue weighted by Gasteiger charge is 2.41. The number of rotatable bonds is 4. The molecule has 2 rings (SSSR count). The van der Waals surface area contributed by atoms with E-state index < -0.39 is 18.6 Å². The molecule has 98 valence electrons. The minimum atomic E-state index is -1.62. The monoisotopic (exact) mass is 254 g/mol. The van der Waals surface area contributed by atoms with Crippen molar-refractivity contribution in [1.29, 1.82) is 0 Å². The Morgan fingerprint density at radius 2 is 2.11 bits per heavy atom. The van der Waals surface area contributed by atoms with Crippen molar-refractivity contribution in [3.05, 3.63) is 47.9 Å². The third-order valence-electron chi connectivity index (χ3n) is 2.63. The highest BCUT2D eigenvalue weighted by Crippen LogP contribution is 2.27. The van der Waals surface area contributed by atoms with Crippen LogP contribution in [-0.2, 0) is 20.8 Å². The quantitative estimate of drug-likeness (QED) is 0.831. The number of hydrogen-bond donors (Lipinski definition) is 1. The fourth-order valence-corrected chi connectivity index (χ4v) is 1.65. The largest absolute Gasteiger partial charge is 0.493 e. The van der Waals surface area contributed by atoms with Crippen molar-refractivity contribution in [2.45, 2.75) is 25.2 Å². The molecule has 0 aromatic heterocycles. The average Bonchev–Trinajstić information content (AvgIpc) is 2.68. The number of hydrogen-bond acceptors (Lipinski definition) is 4. The molecule has 3 atom stereocenters. The van der Waals surface area contributed by atoms with Crippen molar-refractivity contribution in [3.63, 3.8) is 0 Å². The molecule has 1 aromatic rings. The van der Waals surface area contributed by atoms with Gasteiger partial charge in [-0.2, -0.15) is 0 Å². The topological polar surface area (TPSA) is 47.9 Å². The van der Waals surface area contributed by atoms with Gasteiger partial charge in [0.05, 0.1) is 0 Å². The molecular weight excluding hydrogens is 239 g/mol. The molecule has 1 fully saturated rings. The zero-order valence-electron chi connectivity index (χ0n) is 9.95. The molecule has 1 aliphatic heterocycles. The van der Waals surface area contributed by atoms with Gasteiger partial charge in [-0.25, -0.2) is 4.39 Å². The van der Waals surface area contributed by atoms with Crippen LogP contribution in [0.15, 0.2) is 42.4 Å². The van der Waals surface area contributed by atoms with E-state index in [2.05, 4.69) is 0 Å². The Balaban J connectivity index is 1.90. The lowest BCUT2D eigenvalue weighted by molar-refractivity contribution is -0.124. The third kappa shape index (κ3) is 2.80. The molecule has 0 radical (unpaired) electrons. The molecule has 1 saturated heterocycles. The zero-order chi connectivity index (χ0) is 13.0. The molecule has 1 aromatic carbocycles.